The van der Waals surface area contributed by atoms with E-state index < -0.39 is 54.2 Å². The van der Waals surface area contributed by atoms with Gasteiger partial charge in [-0.3, -0.25) is 28.8 Å². The van der Waals surface area contributed by atoms with Crippen molar-refractivity contribution in [3.8, 4) is 0 Å². The molecule has 206 valence electrons. The third-order valence-corrected chi connectivity index (χ3v) is 5.75. The molecule has 0 spiro atoms. The first-order chi connectivity index (χ1) is 18.6. The topological polar surface area (TPSA) is 183 Å². The molecule has 0 aliphatic carbocycles. The summed E-state index contributed by atoms with van der Waals surface area (Å²) in [5.74, 6) is -5.36. The predicted molar refractivity (Wildman–Crippen MR) is 120 cm³/mol. The normalized spacial score (nSPS) is 17.6. The van der Waals surface area contributed by atoms with Crippen LogP contribution in [0.3, 0.4) is 0 Å². The van der Waals surface area contributed by atoms with E-state index in [-0.39, 0.29) is 58.0 Å². The van der Waals surface area contributed by atoms with Crippen LogP contribution in [-0.2, 0) is 77.1 Å². The highest BCUT2D eigenvalue weighted by Crippen LogP contribution is 2.18. The van der Waals surface area contributed by atoms with Gasteiger partial charge in [0.15, 0.2) is 6.79 Å². The van der Waals surface area contributed by atoms with E-state index in [1.165, 1.54) is 18.2 Å². The number of hydrogen-bond acceptors (Lipinski definition) is 12. The maximum absolute atomic E-state index is 12.4. The third-order valence-electron chi connectivity index (χ3n) is 5.75. The highest BCUT2D eigenvalue weighted by molar-refractivity contribution is 6.02. The number of imide groups is 3. The predicted octanol–water partition coefficient (Wildman–Crippen LogP) is -0.459. The third kappa shape index (κ3) is 6.88. The van der Waals surface area contributed by atoms with Crippen LogP contribution in [0.4, 0.5) is 0 Å². The van der Waals surface area contributed by atoms with Crippen LogP contribution < -0.4 is 0 Å². The molecule has 1 aromatic rings. The van der Waals surface area contributed by atoms with Crippen molar-refractivity contribution < 1.29 is 57.6 Å². The Bertz CT molecular complexity index is 1140. The van der Waals surface area contributed by atoms with Gasteiger partial charge in [0.2, 0.25) is 0 Å². The van der Waals surface area contributed by atoms with Gasteiger partial charge in [0, 0.05) is 38.5 Å². The van der Waals surface area contributed by atoms with Gasteiger partial charge in [-0.2, -0.15) is 5.06 Å². The van der Waals surface area contributed by atoms with Crippen molar-refractivity contribution in [3.05, 3.63) is 34.9 Å². The number of hydrogen-bond donors (Lipinski definition) is 0. The average molecular weight is 545 g/mol. The number of amides is 6. The molecule has 0 atom stereocenters. The van der Waals surface area contributed by atoms with Gasteiger partial charge < -0.3 is 14.4 Å². The molecule has 15 heteroatoms. The van der Waals surface area contributed by atoms with Crippen molar-refractivity contribution in [2.75, 3.05) is 6.79 Å². The van der Waals surface area contributed by atoms with Crippen molar-refractivity contribution in [2.24, 2.45) is 0 Å². The van der Waals surface area contributed by atoms with Gasteiger partial charge in [-0.1, -0.05) is 18.2 Å². The lowest BCUT2D eigenvalue weighted by Gasteiger charge is -2.15. The van der Waals surface area contributed by atoms with Crippen LogP contribution in [0.1, 0.15) is 55.2 Å². The van der Waals surface area contributed by atoms with Crippen LogP contribution in [-0.4, -0.2) is 69.4 Å². The van der Waals surface area contributed by atoms with Crippen LogP contribution in [0.5, 0.6) is 0 Å². The Hall–Kier alpha value is -4.50. The summed E-state index contributed by atoms with van der Waals surface area (Å²) < 4.78 is 5.37. The van der Waals surface area contributed by atoms with Crippen molar-refractivity contribution in [1.29, 1.82) is 0 Å². The fraction of sp³-hybridized carbons (Fsp3) is 0.417. The van der Waals surface area contributed by atoms with E-state index in [1.807, 2.05) is 0 Å². The molecule has 3 aliphatic rings. The summed E-state index contributed by atoms with van der Waals surface area (Å²) in [7, 11) is 0. The zero-order chi connectivity index (χ0) is 28.1. The van der Waals surface area contributed by atoms with Gasteiger partial charge in [0.1, 0.15) is 0 Å². The lowest BCUT2D eigenvalue weighted by molar-refractivity contribution is -0.218. The van der Waals surface area contributed by atoms with Crippen molar-refractivity contribution >= 4 is 47.4 Å². The molecule has 39 heavy (non-hydrogen) atoms. The Kier molecular flexibility index (Phi) is 8.41. The summed E-state index contributed by atoms with van der Waals surface area (Å²) in [6.45, 7) is -0.577. The Morgan fingerprint density at radius 1 is 0.564 bits per heavy atom. The minimum Gasteiger partial charge on any atom is -0.348 e. The fourth-order valence-electron chi connectivity index (χ4n) is 3.99. The molecule has 0 N–H and O–H groups in total. The summed E-state index contributed by atoms with van der Waals surface area (Å²) in [4.78, 5) is 110. The molecular weight excluding hydrogens is 522 g/mol. The van der Waals surface area contributed by atoms with E-state index in [0.29, 0.717) is 31.9 Å². The van der Waals surface area contributed by atoms with E-state index in [9.17, 15) is 38.4 Å². The number of rotatable bonds is 11. The zero-order valence-electron chi connectivity index (χ0n) is 20.5. The standard InChI is InChI=1S/C24H23N3O12/c28-17-1-2-18(29)25(17)37-13-36-12-16-8-14(10-23(34)38-26-19(30)3-4-20(26)31)7-15(9-16)11-24(35)39-27-21(32)5-6-22(27)33/h7-9H,1-6,10-13H2. The van der Waals surface area contributed by atoms with Gasteiger partial charge in [0.25, 0.3) is 35.4 Å². The molecule has 0 bridgehead atoms. The summed E-state index contributed by atoms with van der Waals surface area (Å²) in [6.07, 6.45) is -0.951. The minimum atomic E-state index is -0.909. The lowest BCUT2D eigenvalue weighted by Crippen LogP contribution is -2.33. The first-order valence-corrected chi connectivity index (χ1v) is 11.9. The van der Waals surface area contributed by atoms with Crippen LogP contribution in [0.15, 0.2) is 18.2 Å². The monoisotopic (exact) mass is 545 g/mol. The molecule has 3 heterocycles. The van der Waals surface area contributed by atoms with Gasteiger partial charge in [-0.15, -0.1) is 10.1 Å². The minimum absolute atomic E-state index is 0.0414. The quantitative estimate of drug-likeness (QED) is 0.198. The summed E-state index contributed by atoms with van der Waals surface area (Å²) in [6, 6.07) is 4.53. The number of ether oxygens (including phenoxy) is 1. The van der Waals surface area contributed by atoms with E-state index in [1.54, 1.807) is 0 Å². The number of benzene rings is 1. The number of nitrogens with zero attached hydrogens (tertiary/aromatic N) is 3. The SMILES string of the molecule is O=C(Cc1cc(COCON2C(=O)CCC2=O)cc(CC(=O)ON2C(=O)CCC2=O)c1)ON1C(=O)CCC1=O. The van der Waals surface area contributed by atoms with Gasteiger partial charge in [-0.25, -0.2) is 14.4 Å². The molecule has 1 aromatic carbocycles. The highest BCUT2D eigenvalue weighted by atomic mass is 16.8. The first kappa shape index (κ1) is 27.5. The van der Waals surface area contributed by atoms with Gasteiger partial charge >= 0.3 is 11.9 Å². The summed E-state index contributed by atoms with van der Waals surface area (Å²) in [5.41, 5.74) is 1.08. The molecule has 15 nitrogen and oxygen atoms in total. The van der Waals surface area contributed by atoms with Crippen LogP contribution in [0.2, 0.25) is 0 Å². The van der Waals surface area contributed by atoms with Gasteiger partial charge in [0.05, 0.1) is 19.4 Å². The second-order valence-corrected chi connectivity index (χ2v) is 8.78. The fourth-order valence-corrected chi connectivity index (χ4v) is 3.99. The van der Waals surface area contributed by atoms with E-state index >= 15 is 0 Å². The Labute approximate surface area is 220 Å². The van der Waals surface area contributed by atoms with E-state index in [4.69, 9.17) is 19.2 Å². The van der Waals surface area contributed by atoms with Crippen LogP contribution >= 0.6 is 0 Å². The number of carbonyl (C=O) groups is 8. The zero-order valence-corrected chi connectivity index (χ0v) is 20.5. The Morgan fingerprint density at radius 3 is 1.33 bits per heavy atom. The second-order valence-electron chi connectivity index (χ2n) is 8.78. The maximum Gasteiger partial charge on any atom is 0.337 e. The number of carbonyl (C=O) groups excluding carboxylic acids is 8. The number of hydroxylamine groups is 6. The molecule has 0 radical (unpaired) electrons. The molecule has 4 rings (SSSR count). The molecule has 0 saturated carbocycles. The second kappa shape index (κ2) is 11.9. The highest BCUT2D eigenvalue weighted by Gasteiger charge is 2.34. The summed E-state index contributed by atoms with van der Waals surface area (Å²) in [5, 5.41) is 1.45. The molecular formula is C24H23N3O12. The molecule has 3 fully saturated rings. The summed E-state index contributed by atoms with van der Waals surface area (Å²) >= 11 is 0. The molecule has 3 saturated heterocycles. The molecule has 0 aromatic heterocycles. The average Bonchev–Trinajstić information content (AvgIpc) is 3.49. The molecule has 0 unspecified atom stereocenters. The smallest absolute Gasteiger partial charge is 0.337 e. The van der Waals surface area contributed by atoms with Crippen molar-refractivity contribution in [2.45, 2.75) is 58.0 Å². The molecule has 6 amide bonds. The Morgan fingerprint density at radius 2 is 0.923 bits per heavy atom. The first-order valence-electron chi connectivity index (χ1n) is 11.9. The van der Waals surface area contributed by atoms with Crippen LogP contribution in [0.25, 0.3) is 0 Å². The van der Waals surface area contributed by atoms with E-state index in [0.717, 1.165) is 0 Å². The van der Waals surface area contributed by atoms with Crippen LogP contribution in [0, 0.1) is 0 Å². The lowest BCUT2D eigenvalue weighted by atomic mass is 10.0. The van der Waals surface area contributed by atoms with Gasteiger partial charge in [-0.05, 0) is 16.7 Å². The van der Waals surface area contributed by atoms with Crippen molar-refractivity contribution in [3.63, 3.8) is 0 Å². The largest absolute Gasteiger partial charge is 0.348 e. The van der Waals surface area contributed by atoms with E-state index in [2.05, 4.69) is 0 Å². The Balaban J connectivity index is 1.42. The van der Waals surface area contributed by atoms with Crippen molar-refractivity contribution in [1.82, 2.24) is 15.2 Å². The maximum atomic E-state index is 12.4. The molecule has 3 aliphatic heterocycles.